The molecular formula is C21H20FN3O3. The number of H-pyrrole nitrogens is 1. The molecule has 0 spiro atoms. The highest BCUT2D eigenvalue weighted by Crippen LogP contribution is 2.51. The summed E-state index contributed by atoms with van der Waals surface area (Å²) in [6, 6.07) is 7.95. The van der Waals surface area contributed by atoms with Crippen LogP contribution in [0.3, 0.4) is 0 Å². The topological polar surface area (TPSA) is 69.6 Å². The Kier molecular flexibility index (Phi) is 3.79. The summed E-state index contributed by atoms with van der Waals surface area (Å²) in [5.74, 6) is -0.0611. The Morgan fingerprint density at radius 3 is 2.50 bits per heavy atom. The summed E-state index contributed by atoms with van der Waals surface area (Å²) in [5, 5.41) is 0.775. The van der Waals surface area contributed by atoms with Crippen molar-refractivity contribution in [1.29, 1.82) is 0 Å². The van der Waals surface area contributed by atoms with Crippen LogP contribution in [0.1, 0.15) is 29.0 Å². The molecule has 1 aliphatic heterocycles. The molecule has 1 aromatic carbocycles. The number of amides is 2. The molecule has 28 heavy (non-hydrogen) atoms. The van der Waals surface area contributed by atoms with Gasteiger partial charge in [-0.1, -0.05) is 0 Å². The van der Waals surface area contributed by atoms with Crippen LogP contribution in [0.5, 0.6) is 0 Å². The van der Waals surface area contributed by atoms with Gasteiger partial charge in [0.05, 0.1) is 11.7 Å². The van der Waals surface area contributed by atoms with Crippen LogP contribution in [0, 0.1) is 5.82 Å². The predicted molar refractivity (Wildman–Crippen MR) is 100 cm³/mol. The van der Waals surface area contributed by atoms with Crippen LogP contribution in [0.15, 0.2) is 47.2 Å². The zero-order valence-electron chi connectivity index (χ0n) is 15.3. The van der Waals surface area contributed by atoms with E-state index in [4.69, 9.17) is 4.42 Å². The van der Waals surface area contributed by atoms with Crippen molar-refractivity contribution in [2.45, 2.75) is 18.3 Å². The lowest BCUT2D eigenvalue weighted by Crippen LogP contribution is -2.52. The van der Waals surface area contributed by atoms with Gasteiger partial charge >= 0.3 is 0 Å². The number of carbonyl (C=O) groups is 2. The molecule has 2 amide bonds. The number of benzene rings is 1. The van der Waals surface area contributed by atoms with Crippen LogP contribution in [0.25, 0.3) is 10.9 Å². The third-order valence-corrected chi connectivity index (χ3v) is 5.90. The van der Waals surface area contributed by atoms with E-state index >= 15 is 0 Å². The zero-order valence-corrected chi connectivity index (χ0v) is 15.3. The SMILES string of the molecule is O=C(c1ccco1)N1CCN(C(=O)C2(c3c[nH]c4ccc(F)cc34)CC2)CC1. The number of hydrogen-bond acceptors (Lipinski definition) is 3. The molecule has 5 rings (SSSR count). The fourth-order valence-corrected chi connectivity index (χ4v) is 4.18. The molecule has 1 saturated heterocycles. The number of piperazine rings is 1. The lowest BCUT2D eigenvalue weighted by molar-refractivity contribution is -0.135. The maximum atomic E-state index is 13.7. The monoisotopic (exact) mass is 381 g/mol. The Hall–Kier alpha value is -3.09. The molecular weight excluding hydrogens is 361 g/mol. The molecule has 144 valence electrons. The van der Waals surface area contributed by atoms with Gasteiger partial charge in [-0.15, -0.1) is 0 Å². The lowest BCUT2D eigenvalue weighted by Gasteiger charge is -2.36. The predicted octanol–water partition coefficient (Wildman–Crippen LogP) is 2.92. The van der Waals surface area contributed by atoms with Crippen molar-refractivity contribution in [3.8, 4) is 0 Å². The molecule has 0 radical (unpaired) electrons. The number of rotatable bonds is 3. The van der Waals surface area contributed by atoms with Crippen molar-refractivity contribution < 1.29 is 18.4 Å². The summed E-state index contributed by atoms with van der Waals surface area (Å²) in [6.07, 6.45) is 4.85. The molecule has 2 aromatic heterocycles. The van der Waals surface area contributed by atoms with Crippen molar-refractivity contribution >= 4 is 22.7 Å². The molecule has 2 aliphatic rings. The van der Waals surface area contributed by atoms with Gasteiger partial charge in [0.15, 0.2) is 5.76 Å². The number of aromatic amines is 1. The first-order chi connectivity index (χ1) is 13.6. The van der Waals surface area contributed by atoms with Gasteiger partial charge in [-0.3, -0.25) is 9.59 Å². The highest BCUT2D eigenvalue weighted by molar-refractivity contribution is 5.98. The smallest absolute Gasteiger partial charge is 0.289 e. The third-order valence-electron chi connectivity index (χ3n) is 5.90. The first kappa shape index (κ1) is 17.0. The van der Waals surface area contributed by atoms with E-state index in [1.165, 1.54) is 18.4 Å². The van der Waals surface area contributed by atoms with Gasteiger partial charge in [-0.25, -0.2) is 4.39 Å². The van der Waals surface area contributed by atoms with E-state index in [2.05, 4.69) is 4.98 Å². The minimum absolute atomic E-state index is 0.0720. The van der Waals surface area contributed by atoms with Crippen molar-refractivity contribution in [2.75, 3.05) is 26.2 Å². The van der Waals surface area contributed by atoms with Crippen molar-refractivity contribution in [3.05, 3.63) is 59.9 Å². The third kappa shape index (κ3) is 2.61. The summed E-state index contributed by atoms with van der Waals surface area (Å²) >= 11 is 0. The van der Waals surface area contributed by atoms with Gasteiger partial charge in [0.1, 0.15) is 5.82 Å². The molecule has 7 heteroatoms. The molecule has 1 aliphatic carbocycles. The van der Waals surface area contributed by atoms with Crippen LogP contribution in [0.4, 0.5) is 4.39 Å². The lowest BCUT2D eigenvalue weighted by atomic mass is 9.93. The van der Waals surface area contributed by atoms with Gasteiger partial charge < -0.3 is 19.2 Å². The number of aromatic nitrogens is 1. The number of fused-ring (bicyclic) bond motifs is 1. The van der Waals surface area contributed by atoms with Crippen molar-refractivity contribution in [3.63, 3.8) is 0 Å². The van der Waals surface area contributed by atoms with Crippen molar-refractivity contribution in [1.82, 2.24) is 14.8 Å². The van der Waals surface area contributed by atoms with Gasteiger partial charge in [0.25, 0.3) is 5.91 Å². The molecule has 6 nitrogen and oxygen atoms in total. The second-order valence-electron chi connectivity index (χ2n) is 7.54. The number of hydrogen-bond donors (Lipinski definition) is 1. The van der Waals surface area contributed by atoms with E-state index < -0.39 is 5.41 Å². The summed E-state index contributed by atoms with van der Waals surface area (Å²) in [5.41, 5.74) is 1.14. The first-order valence-corrected chi connectivity index (χ1v) is 9.48. The van der Waals surface area contributed by atoms with E-state index in [9.17, 15) is 14.0 Å². The summed E-state index contributed by atoms with van der Waals surface area (Å²) < 4.78 is 18.9. The maximum Gasteiger partial charge on any atom is 0.289 e. The average Bonchev–Trinajstić information content (AvgIpc) is 3.15. The number of nitrogens with zero attached hydrogens (tertiary/aromatic N) is 2. The molecule has 2 fully saturated rings. The Morgan fingerprint density at radius 1 is 1.07 bits per heavy atom. The Labute approximate surface area is 160 Å². The number of nitrogens with one attached hydrogen (secondary N) is 1. The van der Waals surface area contributed by atoms with E-state index in [1.807, 2.05) is 11.1 Å². The van der Waals surface area contributed by atoms with Gasteiger partial charge in [-0.2, -0.15) is 0 Å². The Morgan fingerprint density at radius 2 is 1.82 bits per heavy atom. The molecule has 0 atom stereocenters. The minimum Gasteiger partial charge on any atom is -0.459 e. The fourth-order valence-electron chi connectivity index (χ4n) is 4.18. The van der Waals surface area contributed by atoms with E-state index in [-0.39, 0.29) is 17.6 Å². The maximum absolute atomic E-state index is 13.7. The molecule has 1 N–H and O–H groups in total. The van der Waals surface area contributed by atoms with Crippen LogP contribution < -0.4 is 0 Å². The van der Waals surface area contributed by atoms with Gasteiger partial charge in [-0.05, 0) is 48.7 Å². The van der Waals surface area contributed by atoms with Crippen LogP contribution in [-0.2, 0) is 10.2 Å². The van der Waals surface area contributed by atoms with Crippen LogP contribution >= 0.6 is 0 Å². The minimum atomic E-state index is -0.570. The summed E-state index contributed by atoms with van der Waals surface area (Å²) in [4.78, 5) is 32.4. The van der Waals surface area contributed by atoms with E-state index in [0.29, 0.717) is 31.9 Å². The van der Waals surface area contributed by atoms with E-state index in [1.54, 1.807) is 23.1 Å². The Balaban J connectivity index is 1.33. The molecule has 3 heterocycles. The van der Waals surface area contributed by atoms with Crippen molar-refractivity contribution in [2.24, 2.45) is 0 Å². The zero-order chi connectivity index (χ0) is 19.3. The Bertz CT molecular complexity index is 1040. The number of halogens is 1. The highest BCUT2D eigenvalue weighted by atomic mass is 19.1. The summed E-state index contributed by atoms with van der Waals surface area (Å²) in [6.45, 7) is 1.93. The van der Waals surface area contributed by atoms with Gasteiger partial charge in [0, 0.05) is 43.3 Å². The molecule has 0 bridgehead atoms. The second kappa shape index (κ2) is 6.22. The van der Waals surface area contributed by atoms with Crippen LogP contribution in [0.2, 0.25) is 0 Å². The molecule has 1 saturated carbocycles. The number of furan rings is 1. The quantitative estimate of drug-likeness (QED) is 0.758. The van der Waals surface area contributed by atoms with Gasteiger partial charge in [0.2, 0.25) is 5.91 Å². The first-order valence-electron chi connectivity index (χ1n) is 9.48. The molecule has 0 unspecified atom stereocenters. The van der Waals surface area contributed by atoms with Crippen LogP contribution in [-0.4, -0.2) is 52.8 Å². The molecule has 3 aromatic rings. The fraction of sp³-hybridized carbons (Fsp3) is 0.333. The average molecular weight is 381 g/mol. The summed E-state index contributed by atoms with van der Waals surface area (Å²) in [7, 11) is 0. The normalized spacial score (nSPS) is 18.5. The largest absolute Gasteiger partial charge is 0.459 e. The number of carbonyl (C=O) groups excluding carboxylic acids is 2. The highest BCUT2D eigenvalue weighted by Gasteiger charge is 2.54. The second-order valence-corrected chi connectivity index (χ2v) is 7.54. The standard InChI is InChI=1S/C21H20FN3O3/c22-14-3-4-17-15(12-14)16(13-23-17)21(5-6-21)20(27)25-9-7-24(8-10-25)19(26)18-2-1-11-28-18/h1-4,11-13,23H,5-10H2. The van der Waals surface area contributed by atoms with E-state index in [0.717, 1.165) is 29.3 Å².